The van der Waals surface area contributed by atoms with Gasteiger partial charge in [0.15, 0.2) is 28.8 Å². The molecule has 3 aliphatic rings. The monoisotopic (exact) mass is 846 g/mol. The molecule has 0 radical (unpaired) electrons. The second kappa shape index (κ2) is 14.6. The maximum Gasteiger partial charge on any atom is 0.178 e. The number of rotatable bonds is 6. The molecule has 1 aliphatic heterocycles. The quantitative estimate of drug-likeness (QED) is 0.167. The van der Waals surface area contributed by atoms with Gasteiger partial charge in [0.25, 0.3) is 0 Å². The number of benzene rings is 9. The minimum atomic E-state index is -0.529. The van der Waals surface area contributed by atoms with E-state index in [4.69, 9.17) is 19.4 Å². The third-order valence-electron chi connectivity index (χ3n) is 14.0. The van der Waals surface area contributed by atoms with E-state index in [1.165, 1.54) is 44.5 Å². The van der Waals surface area contributed by atoms with E-state index in [-0.39, 0.29) is 5.41 Å². The van der Waals surface area contributed by atoms with E-state index >= 15 is 0 Å². The summed E-state index contributed by atoms with van der Waals surface area (Å²) in [6, 6.07) is 77.4. The molecule has 4 nitrogen and oxygen atoms in total. The molecule has 10 aromatic rings. The van der Waals surface area contributed by atoms with Gasteiger partial charge in [0, 0.05) is 27.7 Å². The van der Waals surface area contributed by atoms with Crippen molar-refractivity contribution in [3.05, 3.63) is 252 Å². The van der Waals surface area contributed by atoms with Gasteiger partial charge in [-0.2, -0.15) is 0 Å². The maximum atomic E-state index is 6.95. The molecule has 2 aliphatic carbocycles. The normalized spacial score (nSPS) is 14.1. The van der Waals surface area contributed by atoms with Gasteiger partial charge in [0.05, 0.1) is 16.8 Å². The zero-order valence-electron chi connectivity index (χ0n) is 36.5. The third kappa shape index (κ3) is 5.71. The number of hydrogen-bond donors (Lipinski definition) is 0. The van der Waals surface area contributed by atoms with Crippen LogP contribution >= 0.6 is 0 Å². The smallest absolute Gasteiger partial charge is 0.178 e. The van der Waals surface area contributed by atoms with Gasteiger partial charge in [0.2, 0.25) is 0 Å². The van der Waals surface area contributed by atoms with Crippen molar-refractivity contribution in [3.8, 4) is 90.3 Å². The van der Waals surface area contributed by atoms with Crippen molar-refractivity contribution in [1.29, 1.82) is 0 Å². The first-order chi connectivity index (χ1) is 32.4. The van der Waals surface area contributed by atoms with Crippen molar-refractivity contribution in [3.63, 3.8) is 0 Å². The number of hydrogen-bond acceptors (Lipinski definition) is 4. The Morgan fingerprint density at radius 2 is 0.909 bits per heavy atom. The zero-order chi connectivity index (χ0) is 44.0. The molecule has 0 spiro atoms. The van der Waals surface area contributed by atoms with Crippen molar-refractivity contribution < 1.29 is 9.47 Å². The predicted molar refractivity (Wildman–Crippen MR) is 265 cm³/mol. The first kappa shape index (κ1) is 38.1. The molecule has 1 aromatic heterocycles. The van der Waals surface area contributed by atoms with E-state index in [1.807, 2.05) is 24.3 Å². The summed E-state index contributed by atoms with van der Waals surface area (Å²) in [5.74, 6) is 3.47. The number of aromatic nitrogens is 2. The van der Waals surface area contributed by atoms with E-state index < -0.39 is 5.41 Å². The highest BCUT2D eigenvalue weighted by Gasteiger charge is 2.48. The van der Waals surface area contributed by atoms with Crippen LogP contribution in [0.4, 0.5) is 0 Å². The predicted octanol–water partition coefficient (Wildman–Crippen LogP) is 15.7. The Balaban J connectivity index is 0.876. The summed E-state index contributed by atoms with van der Waals surface area (Å²) in [6.45, 7) is 4.63. The SMILES string of the molecule is CC1(C)c2ccccc2-c2ccc(-c3cc(-c4cccc(-c5ccc6c(c5)Oc5ccc7c(c5O6)-c5ccccc5C7(c5ccccc5)c5ccccc5)c4)nc(-c4ccccc4)n3)cc21. The fraction of sp³-hybridized carbons (Fsp3) is 0.0645. The average Bonchev–Trinajstić information content (AvgIpc) is 3.82. The lowest BCUT2D eigenvalue weighted by Crippen LogP contribution is -2.28. The molecule has 0 saturated heterocycles. The second-order valence-electron chi connectivity index (χ2n) is 18.0. The lowest BCUT2D eigenvalue weighted by molar-refractivity contribution is 0.360. The Labute approximate surface area is 384 Å². The van der Waals surface area contributed by atoms with E-state index in [2.05, 4.69) is 208 Å². The minimum absolute atomic E-state index is 0.123. The summed E-state index contributed by atoms with van der Waals surface area (Å²) in [4.78, 5) is 10.4. The Kier molecular flexibility index (Phi) is 8.44. The van der Waals surface area contributed by atoms with Gasteiger partial charge in [0.1, 0.15) is 0 Å². The standard InChI is InChI=1S/C62H42N2O2/c1-61(2)49-27-14-12-25-46(49)47-31-29-43(36-52(47)61)54-38-53(63-60(64-54)39-17-6-3-7-18-39)42-20-16-19-40(35-42)41-30-33-55-57(37-41)65-56-34-32-51-58(59(56)66-55)48-26-13-15-28-50(48)62(51,44-21-8-4-9-22-44)45-23-10-5-11-24-45/h3-38H,1-2H3. The molecule has 66 heavy (non-hydrogen) atoms. The van der Waals surface area contributed by atoms with Crippen LogP contribution in [0.1, 0.15) is 47.2 Å². The molecule has 0 atom stereocenters. The van der Waals surface area contributed by atoms with Crippen LogP contribution in [0, 0.1) is 0 Å². The van der Waals surface area contributed by atoms with E-state index in [1.54, 1.807) is 0 Å². The Hall–Kier alpha value is -8.34. The summed E-state index contributed by atoms with van der Waals surface area (Å²) in [6.07, 6.45) is 0. The zero-order valence-corrected chi connectivity index (χ0v) is 36.5. The highest BCUT2D eigenvalue weighted by Crippen LogP contribution is 2.62. The van der Waals surface area contributed by atoms with Gasteiger partial charge in [-0.1, -0.05) is 196 Å². The molecule has 0 unspecified atom stereocenters. The highest BCUT2D eigenvalue weighted by atomic mass is 16.6. The molecule has 312 valence electrons. The van der Waals surface area contributed by atoms with Crippen molar-refractivity contribution in [2.24, 2.45) is 0 Å². The molecule has 9 aromatic carbocycles. The molecule has 0 fully saturated rings. The van der Waals surface area contributed by atoms with Gasteiger partial charge in [-0.05, 0) is 97.6 Å². The molecule has 4 heteroatoms. The van der Waals surface area contributed by atoms with Gasteiger partial charge in [-0.3, -0.25) is 0 Å². The molecule has 0 bridgehead atoms. The first-order valence-electron chi connectivity index (χ1n) is 22.6. The fourth-order valence-corrected chi connectivity index (χ4v) is 10.9. The highest BCUT2D eigenvalue weighted by molar-refractivity contribution is 5.92. The topological polar surface area (TPSA) is 44.2 Å². The van der Waals surface area contributed by atoms with Crippen LogP contribution in [0.2, 0.25) is 0 Å². The van der Waals surface area contributed by atoms with Crippen LogP contribution in [0.25, 0.3) is 67.3 Å². The van der Waals surface area contributed by atoms with Gasteiger partial charge in [-0.15, -0.1) is 0 Å². The van der Waals surface area contributed by atoms with Crippen LogP contribution in [0.15, 0.2) is 218 Å². The molecular formula is C62H42N2O2. The fourth-order valence-electron chi connectivity index (χ4n) is 10.9. The van der Waals surface area contributed by atoms with Gasteiger partial charge < -0.3 is 9.47 Å². The summed E-state index contributed by atoms with van der Waals surface area (Å²) < 4.78 is 13.8. The van der Waals surface area contributed by atoms with Crippen LogP contribution in [-0.4, -0.2) is 9.97 Å². The van der Waals surface area contributed by atoms with E-state index in [9.17, 15) is 0 Å². The van der Waals surface area contributed by atoms with Crippen LogP contribution in [-0.2, 0) is 10.8 Å². The summed E-state index contributed by atoms with van der Waals surface area (Å²) in [5, 5.41) is 0. The van der Waals surface area contributed by atoms with E-state index in [0.717, 1.165) is 56.1 Å². The first-order valence-corrected chi connectivity index (χ1v) is 22.6. The van der Waals surface area contributed by atoms with Gasteiger partial charge in [-0.25, -0.2) is 9.97 Å². The summed E-state index contributed by atoms with van der Waals surface area (Å²) in [5.41, 5.74) is 18.5. The van der Waals surface area contributed by atoms with Crippen LogP contribution in [0.5, 0.6) is 23.0 Å². The number of nitrogens with zero attached hydrogens (tertiary/aromatic N) is 2. The Bertz CT molecular complexity index is 3520. The minimum Gasteiger partial charge on any atom is -0.449 e. The Morgan fingerprint density at radius 1 is 0.348 bits per heavy atom. The van der Waals surface area contributed by atoms with Crippen molar-refractivity contribution in [2.75, 3.05) is 0 Å². The molecular weight excluding hydrogens is 805 g/mol. The third-order valence-corrected chi connectivity index (χ3v) is 14.0. The van der Waals surface area contributed by atoms with Crippen molar-refractivity contribution in [2.45, 2.75) is 24.7 Å². The van der Waals surface area contributed by atoms with Gasteiger partial charge >= 0.3 is 0 Å². The van der Waals surface area contributed by atoms with Crippen molar-refractivity contribution in [1.82, 2.24) is 9.97 Å². The molecule has 0 saturated carbocycles. The Morgan fingerprint density at radius 3 is 1.65 bits per heavy atom. The van der Waals surface area contributed by atoms with Crippen LogP contribution in [0.3, 0.4) is 0 Å². The van der Waals surface area contributed by atoms with Crippen molar-refractivity contribution >= 4 is 0 Å². The number of ether oxygens (including phenoxy) is 2. The molecule has 2 heterocycles. The summed E-state index contributed by atoms with van der Waals surface area (Å²) >= 11 is 0. The lowest BCUT2D eigenvalue weighted by atomic mass is 9.68. The largest absolute Gasteiger partial charge is 0.449 e. The maximum absolute atomic E-state index is 6.95. The molecule has 13 rings (SSSR count). The number of fused-ring (bicyclic) bond motifs is 9. The average molecular weight is 847 g/mol. The lowest BCUT2D eigenvalue weighted by Gasteiger charge is -2.34. The van der Waals surface area contributed by atoms with Crippen LogP contribution < -0.4 is 9.47 Å². The molecule has 0 amide bonds. The second-order valence-corrected chi connectivity index (χ2v) is 18.0. The molecule has 0 N–H and O–H groups in total. The summed E-state index contributed by atoms with van der Waals surface area (Å²) in [7, 11) is 0. The van der Waals surface area contributed by atoms with E-state index in [0.29, 0.717) is 23.1 Å².